The van der Waals surface area contributed by atoms with Gasteiger partial charge in [0.1, 0.15) is 4.90 Å². The maximum Gasteiger partial charge on any atom is 0.242 e. The van der Waals surface area contributed by atoms with E-state index >= 15 is 0 Å². The van der Waals surface area contributed by atoms with E-state index in [9.17, 15) is 8.42 Å². The summed E-state index contributed by atoms with van der Waals surface area (Å²) in [4.78, 5) is 4.21. The van der Waals surface area contributed by atoms with Crippen LogP contribution in [0.5, 0.6) is 0 Å². The topological polar surface area (TPSA) is 80.3 Å². The van der Waals surface area contributed by atoms with Crippen molar-refractivity contribution in [1.29, 1.82) is 0 Å². The Morgan fingerprint density at radius 1 is 1.48 bits per heavy atom. The molecule has 2 N–H and O–H groups in total. The number of aromatic nitrogens is 1. The number of hydrogen-bond donors (Lipinski definition) is 2. The predicted molar refractivity (Wildman–Crippen MR) is 83.3 cm³/mol. The summed E-state index contributed by atoms with van der Waals surface area (Å²) >= 11 is 0. The number of methoxy groups -OCH3 is 1. The van der Waals surface area contributed by atoms with Gasteiger partial charge in [0.15, 0.2) is 0 Å². The van der Waals surface area contributed by atoms with Gasteiger partial charge in [0.05, 0.1) is 12.1 Å². The molecule has 1 saturated heterocycles. The lowest BCUT2D eigenvalue weighted by Gasteiger charge is -2.28. The van der Waals surface area contributed by atoms with Crippen LogP contribution in [0.15, 0.2) is 23.2 Å². The van der Waals surface area contributed by atoms with E-state index < -0.39 is 10.0 Å². The first-order chi connectivity index (χ1) is 9.47. The molecular formula is C13H22ClN3O3S. The zero-order valence-corrected chi connectivity index (χ0v) is 13.9. The number of sulfonamides is 1. The molecule has 0 bridgehead atoms. The van der Waals surface area contributed by atoms with E-state index in [1.165, 1.54) is 6.20 Å². The van der Waals surface area contributed by atoms with Crippen LogP contribution in [0.25, 0.3) is 0 Å². The SMILES string of the molecule is COCC1(CNS(=O)(=O)c2ccc(C)nc2)CCCN1.Cl. The van der Waals surface area contributed by atoms with Gasteiger partial charge in [-0.3, -0.25) is 4.98 Å². The summed E-state index contributed by atoms with van der Waals surface area (Å²) in [6.45, 7) is 3.51. The van der Waals surface area contributed by atoms with Crippen molar-refractivity contribution in [2.75, 3.05) is 26.8 Å². The van der Waals surface area contributed by atoms with Gasteiger partial charge in [-0.1, -0.05) is 0 Å². The number of aryl methyl sites for hydroxylation is 1. The summed E-state index contributed by atoms with van der Waals surface area (Å²) in [6, 6.07) is 3.25. The third-order valence-corrected chi connectivity index (χ3v) is 4.93. The van der Waals surface area contributed by atoms with Crippen LogP contribution < -0.4 is 10.0 Å². The Hall–Kier alpha value is -0.730. The third kappa shape index (κ3) is 4.62. The molecule has 1 aliphatic rings. The van der Waals surface area contributed by atoms with Gasteiger partial charge >= 0.3 is 0 Å². The van der Waals surface area contributed by atoms with Crippen LogP contribution in [0.2, 0.25) is 0 Å². The Morgan fingerprint density at radius 2 is 2.24 bits per heavy atom. The molecule has 21 heavy (non-hydrogen) atoms. The molecule has 0 amide bonds. The molecule has 1 aromatic rings. The maximum atomic E-state index is 12.2. The molecule has 8 heteroatoms. The highest BCUT2D eigenvalue weighted by Gasteiger charge is 2.34. The second kappa shape index (κ2) is 7.51. The molecule has 0 aliphatic carbocycles. The highest BCUT2D eigenvalue weighted by atomic mass is 35.5. The van der Waals surface area contributed by atoms with Crippen molar-refractivity contribution in [1.82, 2.24) is 15.0 Å². The first-order valence-electron chi connectivity index (χ1n) is 6.64. The number of ether oxygens (including phenoxy) is 1. The molecule has 0 aromatic carbocycles. The van der Waals surface area contributed by atoms with Gasteiger partial charge in [-0.15, -0.1) is 12.4 Å². The normalized spacial score (nSPS) is 22.0. The number of halogens is 1. The van der Waals surface area contributed by atoms with Crippen molar-refractivity contribution in [2.45, 2.75) is 30.2 Å². The van der Waals surface area contributed by atoms with Crippen molar-refractivity contribution >= 4 is 22.4 Å². The maximum absolute atomic E-state index is 12.2. The van der Waals surface area contributed by atoms with Crippen LogP contribution in [-0.2, 0) is 14.8 Å². The fraction of sp³-hybridized carbons (Fsp3) is 0.615. The van der Waals surface area contributed by atoms with E-state index in [4.69, 9.17) is 4.74 Å². The molecule has 1 unspecified atom stereocenters. The third-order valence-electron chi connectivity index (χ3n) is 3.55. The zero-order chi connectivity index (χ0) is 14.6. The molecule has 1 fully saturated rings. The Bertz CT molecular complexity index is 542. The van der Waals surface area contributed by atoms with Crippen LogP contribution in [0.4, 0.5) is 0 Å². The molecule has 6 nitrogen and oxygen atoms in total. The Kier molecular flexibility index (Phi) is 6.55. The standard InChI is InChI=1S/C13H21N3O3S.ClH/c1-11-4-5-12(8-14-11)20(17,18)16-9-13(10-19-2)6-3-7-15-13;/h4-5,8,15-16H,3,6-7,9-10H2,1-2H3;1H. The fourth-order valence-electron chi connectivity index (χ4n) is 2.40. The van der Waals surface area contributed by atoms with Crippen molar-refractivity contribution in [3.05, 3.63) is 24.0 Å². The number of pyridine rings is 1. The molecule has 120 valence electrons. The molecule has 1 atom stereocenters. The average Bonchev–Trinajstić information content (AvgIpc) is 2.87. The van der Waals surface area contributed by atoms with Gasteiger partial charge in [-0.05, 0) is 38.4 Å². The minimum atomic E-state index is -3.53. The van der Waals surface area contributed by atoms with E-state index in [2.05, 4.69) is 15.0 Å². The predicted octanol–water partition coefficient (Wildman–Crippen LogP) is 0.859. The molecule has 0 saturated carbocycles. The average molecular weight is 336 g/mol. The van der Waals surface area contributed by atoms with Crippen LogP contribution in [0.3, 0.4) is 0 Å². The monoisotopic (exact) mass is 335 g/mol. The quantitative estimate of drug-likeness (QED) is 0.806. The van der Waals surface area contributed by atoms with Crippen LogP contribution in [0.1, 0.15) is 18.5 Å². The van der Waals surface area contributed by atoms with Gasteiger partial charge in [-0.2, -0.15) is 0 Å². The molecular weight excluding hydrogens is 314 g/mol. The first kappa shape index (κ1) is 18.3. The Labute approximate surface area is 132 Å². The van der Waals surface area contributed by atoms with E-state index in [1.807, 2.05) is 6.92 Å². The zero-order valence-electron chi connectivity index (χ0n) is 12.3. The minimum Gasteiger partial charge on any atom is -0.383 e. The highest BCUT2D eigenvalue weighted by Crippen LogP contribution is 2.19. The van der Waals surface area contributed by atoms with Crippen LogP contribution in [-0.4, -0.2) is 45.7 Å². The summed E-state index contributed by atoms with van der Waals surface area (Å²) < 4.78 is 32.3. The molecule has 2 rings (SSSR count). The lowest BCUT2D eigenvalue weighted by Crippen LogP contribution is -2.52. The highest BCUT2D eigenvalue weighted by molar-refractivity contribution is 7.89. The van der Waals surface area contributed by atoms with Crippen LogP contribution >= 0.6 is 12.4 Å². The fourth-order valence-corrected chi connectivity index (χ4v) is 3.47. The van der Waals surface area contributed by atoms with Gasteiger partial charge < -0.3 is 10.1 Å². The summed E-state index contributed by atoms with van der Waals surface area (Å²) in [5.41, 5.74) is 0.484. The van der Waals surface area contributed by atoms with Crippen molar-refractivity contribution in [3.8, 4) is 0 Å². The van der Waals surface area contributed by atoms with E-state index in [0.717, 1.165) is 25.1 Å². The number of rotatable bonds is 6. The van der Waals surface area contributed by atoms with Gasteiger partial charge in [0.2, 0.25) is 10.0 Å². The van der Waals surface area contributed by atoms with E-state index in [0.29, 0.717) is 13.2 Å². The van der Waals surface area contributed by atoms with Crippen molar-refractivity contribution in [2.24, 2.45) is 0 Å². The Morgan fingerprint density at radius 3 is 2.76 bits per heavy atom. The summed E-state index contributed by atoms with van der Waals surface area (Å²) in [6.07, 6.45) is 3.30. The number of nitrogens with zero attached hydrogens (tertiary/aromatic N) is 1. The van der Waals surface area contributed by atoms with Gasteiger partial charge in [0.25, 0.3) is 0 Å². The summed E-state index contributed by atoms with van der Waals surface area (Å²) in [5, 5.41) is 3.34. The molecule has 0 radical (unpaired) electrons. The lowest BCUT2D eigenvalue weighted by atomic mass is 9.99. The molecule has 1 aliphatic heterocycles. The van der Waals surface area contributed by atoms with Gasteiger partial charge in [0, 0.05) is 25.5 Å². The summed E-state index contributed by atoms with van der Waals surface area (Å²) in [7, 11) is -1.90. The minimum absolute atomic E-state index is 0. The second-order valence-corrected chi connectivity index (χ2v) is 6.97. The molecule has 2 heterocycles. The Balaban J connectivity index is 0.00000220. The van der Waals surface area contributed by atoms with Gasteiger partial charge in [-0.25, -0.2) is 13.1 Å². The lowest BCUT2D eigenvalue weighted by molar-refractivity contribution is 0.122. The van der Waals surface area contributed by atoms with E-state index in [-0.39, 0.29) is 22.8 Å². The number of nitrogens with one attached hydrogen (secondary N) is 2. The first-order valence-corrected chi connectivity index (χ1v) is 8.12. The summed E-state index contributed by atoms with van der Waals surface area (Å²) in [5.74, 6) is 0. The number of hydrogen-bond acceptors (Lipinski definition) is 5. The molecule has 0 spiro atoms. The van der Waals surface area contributed by atoms with Crippen molar-refractivity contribution < 1.29 is 13.2 Å². The smallest absolute Gasteiger partial charge is 0.242 e. The second-order valence-electron chi connectivity index (χ2n) is 5.20. The molecule has 1 aromatic heterocycles. The van der Waals surface area contributed by atoms with Crippen LogP contribution in [0, 0.1) is 6.92 Å². The van der Waals surface area contributed by atoms with E-state index in [1.54, 1.807) is 19.2 Å². The largest absolute Gasteiger partial charge is 0.383 e. The van der Waals surface area contributed by atoms with Crippen molar-refractivity contribution in [3.63, 3.8) is 0 Å².